The molecule has 1 amide bonds. The molecule has 1 aromatic heterocycles. The smallest absolute Gasteiger partial charge is 0.272 e. The number of hydrogen-bond donors (Lipinski definition) is 0. The lowest BCUT2D eigenvalue weighted by molar-refractivity contribution is 0.0728. The van der Waals surface area contributed by atoms with Crippen LogP contribution in [0.15, 0.2) is 30.3 Å². The third-order valence-corrected chi connectivity index (χ3v) is 4.10. The minimum atomic E-state index is -0.278. The van der Waals surface area contributed by atoms with Gasteiger partial charge in [-0.3, -0.25) is 9.48 Å². The fourth-order valence-corrected chi connectivity index (χ4v) is 2.57. The lowest BCUT2D eigenvalue weighted by Crippen LogP contribution is -2.33. The van der Waals surface area contributed by atoms with Gasteiger partial charge in [0.15, 0.2) is 0 Å². The average Bonchev–Trinajstić information content (AvgIpc) is 2.94. The van der Waals surface area contributed by atoms with Crippen molar-refractivity contribution in [1.82, 2.24) is 14.7 Å². The summed E-state index contributed by atoms with van der Waals surface area (Å²) in [6, 6.07) is 8.45. The highest BCUT2D eigenvalue weighted by Crippen LogP contribution is 2.18. The Bertz CT molecular complexity index is 694. The Morgan fingerprint density at radius 3 is 2.62 bits per heavy atom. The molecule has 0 fully saturated rings. The van der Waals surface area contributed by atoms with E-state index in [1.807, 2.05) is 19.9 Å². The van der Waals surface area contributed by atoms with E-state index in [4.69, 9.17) is 0 Å². The Morgan fingerprint density at radius 2 is 2.04 bits per heavy atom. The highest BCUT2D eigenvalue weighted by Gasteiger charge is 2.21. The van der Waals surface area contributed by atoms with Gasteiger partial charge >= 0.3 is 0 Å². The van der Waals surface area contributed by atoms with E-state index in [0.717, 1.165) is 18.5 Å². The summed E-state index contributed by atoms with van der Waals surface area (Å²) in [5.74, 6) is -0.123. The Kier molecular flexibility index (Phi) is 6.12. The first-order valence-corrected chi connectivity index (χ1v) is 8.50. The molecule has 0 saturated carbocycles. The van der Waals surface area contributed by atoms with E-state index in [0.29, 0.717) is 17.8 Å². The largest absolute Gasteiger partial charge is 0.333 e. The second kappa shape index (κ2) is 8.08. The number of carbonyl (C=O) groups excluding carboxylic acids is 1. The van der Waals surface area contributed by atoms with Crippen molar-refractivity contribution in [2.45, 2.75) is 46.1 Å². The fourth-order valence-electron chi connectivity index (χ4n) is 2.57. The second-order valence-electron chi connectivity index (χ2n) is 6.40. The number of amides is 1. The number of aryl methyl sites for hydroxylation is 1. The molecule has 0 aliphatic heterocycles. The molecule has 0 saturated heterocycles. The van der Waals surface area contributed by atoms with Crippen LogP contribution in [0.1, 0.15) is 61.3 Å². The molecule has 0 unspecified atom stereocenters. The Labute approximate surface area is 143 Å². The summed E-state index contributed by atoms with van der Waals surface area (Å²) in [5, 5.41) is 4.41. The minimum absolute atomic E-state index is 0.103. The molecule has 1 aromatic carbocycles. The lowest BCUT2D eigenvalue weighted by atomic mass is 10.1. The number of halogens is 1. The van der Waals surface area contributed by atoms with Crippen LogP contribution in [0, 0.1) is 5.82 Å². The van der Waals surface area contributed by atoms with Crippen LogP contribution in [0.5, 0.6) is 0 Å². The first kappa shape index (κ1) is 18.2. The second-order valence-corrected chi connectivity index (χ2v) is 6.40. The van der Waals surface area contributed by atoms with Gasteiger partial charge in [-0.1, -0.05) is 45.4 Å². The molecule has 1 heterocycles. The predicted octanol–water partition coefficient (Wildman–Crippen LogP) is 4.13. The van der Waals surface area contributed by atoms with Crippen LogP contribution in [-0.2, 0) is 13.6 Å². The average molecular weight is 331 g/mol. The Balaban J connectivity index is 2.26. The third-order valence-electron chi connectivity index (χ3n) is 4.10. The summed E-state index contributed by atoms with van der Waals surface area (Å²) >= 11 is 0. The van der Waals surface area contributed by atoms with Crippen LogP contribution in [0.4, 0.5) is 4.39 Å². The molecule has 4 nitrogen and oxygen atoms in total. The normalized spacial score (nSPS) is 11.1. The molecular weight excluding hydrogens is 305 g/mol. The minimum Gasteiger partial charge on any atom is -0.333 e. The monoisotopic (exact) mass is 331 g/mol. The number of benzene rings is 1. The van der Waals surface area contributed by atoms with Crippen LogP contribution < -0.4 is 0 Å². The highest BCUT2D eigenvalue weighted by molar-refractivity contribution is 5.92. The zero-order chi connectivity index (χ0) is 17.7. The van der Waals surface area contributed by atoms with E-state index in [9.17, 15) is 9.18 Å². The van der Waals surface area contributed by atoms with Crippen molar-refractivity contribution in [3.05, 3.63) is 53.1 Å². The van der Waals surface area contributed by atoms with Gasteiger partial charge in [-0.25, -0.2) is 4.39 Å². The predicted molar refractivity (Wildman–Crippen MR) is 93.3 cm³/mol. The molecular formula is C19H26FN3O. The van der Waals surface area contributed by atoms with Crippen molar-refractivity contribution < 1.29 is 9.18 Å². The number of rotatable bonds is 7. The van der Waals surface area contributed by atoms with E-state index in [-0.39, 0.29) is 24.2 Å². The molecule has 0 N–H and O–H groups in total. The van der Waals surface area contributed by atoms with E-state index >= 15 is 0 Å². The molecule has 130 valence electrons. The van der Waals surface area contributed by atoms with E-state index in [1.54, 1.807) is 34.8 Å². The third kappa shape index (κ3) is 4.22. The Morgan fingerprint density at radius 1 is 1.33 bits per heavy atom. The maximum Gasteiger partial charge on any atom is 0.272 e. The van der Waals surface area contributed by atoms with Gasteiger partial charge in [0.25, 0.3) is 5.91 Å². The molecule has 0 aliphatic rings. The van der Waals surface area contributed by atoms with E-state index in [1.165, 1.54) is 6.07 Å². The summed E-state index contributed by atoms with van der Waals surface area (Å²) < 4.78 is 15.6. The number of aromatic nitrogens is 2. The molecule has 5 heteroatoms. The van der Waals surface area contributed by atoms with Crippen molar-refractivity contribution in [2.24, 2.45) is 7.05 Å². The van der Waals surface area contributed by atoms with Gasteiger partial charge in [0, 0.05) is 25.7 Å². The van der Waals surface area contributed by atoms with Gasteiger partial charge in [0.05, 0.1) is 5.69 Å². The number of hydrogen-bond acceptors (Lipinski definition) is 2. The van der Waals surface area contributed by atoms with Crippen molar-refractivity contribution in [3.8, 4) is 0 Å². The van der Waals surface area contributed by atoms with Crippen LogP contribution in [0.25, 0.3) is 0 Å². The molecule has 0 bridgehead atoms. The van der Waals surface area contributed by atoms with Crippen molar-refractivity contribution in [1.29, 1.82) is 0 Å². The van der Waals surface area contributed by atoms with Gasteiger partial charge in [0.1, 0.15) is 11.5 Å². The number of nitrogens with zero attached hydrogens (tertiary/aromatic N) is 3. The summed E-state index contributed by atoms with van der Waals surface area (Å²) in [4.78, 5) is 14.7. The van der Waals surface area contributed by atoms with Gasteiger partial charge in [-0.15, -0.1) is 0 Å². The topological polar surface area (TPSA) is 38.1 Å². The van der Waals surface area contributed by atoms with Gasteiger partial charge in [-0.05, 0) is 24.5 Å². The first-order valence-electron chi connectivity index (χ1n) is 8.50. The lowest BCUT2D eigenvalue weighted by Gasteiger charge is -2.23. The summed E-state index contributed by atoms with van der Waals surface area (Å²) in [6.45, 7) is 7.04. The van der Waals surface area contributed by atoms with Crippen LogP contribution >= 0.6 is 0 Å². The van der Waals surface area contributed by atoms with Gasteiger partial charge in [0.2, 0.25) is 0 Å². The zero-order valence-corrected chi connectivity index (χ0v) is 14.9. The van der Waals surface area contributed by atoms with Gasteiger partial charge in [-0.2, -0.15) is 5.10 Å². The molecule has 0 atom stereocenters. The van der Waals surface area contributed by atoms with Crippen molar-refractivity contribution in [2.75, 3.05) is 6.54 Å². The number of unbranched alkanes of at least 4 members (excludes halogenated alkanes) is 1. The maximum atomic E-state index is 14.0. The maximum absolute atomic E-state index is 14.0. The number of carbonyl (C=O) groups is 1. The summed E-state index contributed by atoms with van der Waals surface area (Å²) in [6.07, 6.45) is 1.86. The molecule has 24 heavy (non-hydrogen) atoms. The Hall–Kier alpha value is -2.17. The van der Waals surface area contributed by atoms with E-state index < -0.39 is 0 Å². The van der Waals surface area contributed by atoms with E-state index in [2.05, 4.69) is 12.0 Å². The summed E-state index contributed by atoms with van der Waals surface area (Å²) in [7, 11) is 1.78. The molecule has 2 aromatic rings. The SMILES string of the molecule is CCCCN(Cc1ccccc1F)C(=O)c1cc(C(C)C)nn1C. The van der Waals surface area contributed by atoms with Crippen LogP contribution in [-0.4, -0.2) is 27.1 Å². The van der Waals surface area contributed by atoms with Crippen LogP contribution in [0.2, 0.25) is 0 Å². The standard InChI is InChI=1S/C19H26FN3O/c1-5-6-11-23(13-15-9-7-8-10-16(15)20)19(24)18-12-17(14(2)3)21-22(18)4/h7-10,12,14H,5-6,11,13H2,1-4H3. The van der Waals surface area contributed by atoms with Crippen LogP contribution in [0.3, 0.4) is 0 Å². The quantitative estimate of drug-likeness (QED) is 0.765. The first-order chi connectivity index (χ1) is 11.4. The molecule has 0 aliphatic carbocycles. The fraction of sp³-hybridized carbons (Fsp3) is 0.474. The molecule has 2 rings (SSSR count). The summed E-state index contributed by atoms with van der Waals surface area (Å²) in [5.41, 5.74) is 1.97. The zero-order valence-electron chi connectivity index (χ0n) is 14.9. The molecule has 0 spiro atoms. The molecule has 0 radical (unpaired) electrons. The van der Waals surface area contributed by atoms with Crippen molar-refractivity contribution in [3.63, 3.8) is 0 Å². The van der Waals surface area contributed by atoms with Crippen molar-refractivity contribution >= 4 is 5.91 Å². The highest BCUT2D eigenvalue weighted by atomic mass is 19.1. The van der Waals surface area contributed by atoms with Gasteiger partial charge < -0.3 is 4.90 Å².